The molecule has 0 bridgehead atoms. The van der Waals surface area contributed by atoms with E-state index >= 15 is 0 Å². The molecule has 0 saturated heterocycles. The molecule has 1 heterocycles. The molecule has 0 aliphatic rings. The van der Waals surface area contributed by atoms with Crippen molar-refractivity contribution in [3.05, 3.63) is 64.8 Å². The van der Waals surface area contributed by atoms with Crippen LogP contribution in [0, 0.1) is 20.8 Å². The number of methoxy groups -OCH3 is 1. The van der Waals surface area contributed by atoms with Crippen LogP contribution in [0.15, 0.2) is 42.6 Å². The zero-order chi connectivity index (χ0) is 19.2. The van der Waals surface area contributed by atoms with Crippen molar-refractivity contribution in [2.24, 2.45) is 0 Å². The van der Waals surface area contributed by atoms with E-state index in [2.05, 4.69) is 64.8 Å². The second-order valence-corrected chi connectivity index (χ2v) is 6.59. The van der Waals surface area contributed by atoms with Crippen molar-refractivity contribution >= 4 is 17.5 Å². The highest BCUT2D eigenvalue weighted by molar-refractivity contribution is 5.65. The Morgan fingerprint density at radius 2 is 1.81 bits per heavy atom. The molecule has 0 aliphatic carbocycles. The molecule has 6 heteroatoms. The SMILES string of the molecule is COc1cccc(CCNc2nncc(Nc3c(C)cc(C)cc3C)n2)c1. The molecular weight excluding hydrogens is 338 g/mol. The molecule has 0 unspecified atom stereocenters. The molecule has 0 saturated carbocycles. The largest absolute Gasteiger partial charge is 0.497 e. The normalized spacial score (nSPS) is 10.5. The van der Waals surface area contributed by atoms with Crippen LogP contribution in [-0.2, 0) is 6.42 Å². The number of aryl methyl sites for hydroxylation is 3. The Hall–Kier alpha value is -3.15. The van der Waals surface area contributed by atoms with Gasteiger partial charge in [0.2, 0.25) is 5.95 Å². The van der Waals surface area contributed by atoms with Crippen LogP contribution in [-0.4, -0.2) is 28.8 Å². The van der Waals surface area contributed by atoms with Gasteiger partial charge in [-0.25, -0.2) is 0 Å². The maximum absolute atomic E-state index is 5.25. The summed E-state index contributed by atoms with van der Waals surface area (Å²) in [6.45, 7) is 6.98. The number of hydrogen-bond acceptors (Lipinski definition) is 6. The molecule has 0 atom stereocenters. The molecule has 0 radical (unpaired) electrons. The lowest BCUT2D eigenvalue weighted by Crippen LogP contribution is -2.10. The third-order valence-corrected chi connectivity index (χ3v) is 4.32. The highest BCUT2D eigenvalue weighted by Crippen LogP contribution is 2.25. The maximum Gasteiger partial charge on any atom is 0.244 e. The fourth-order valence-electron chi connectivity index (χ4n) is 3.09. The molecule has 6 nitrogen and oxygen atoms in total. The van der Waals surface area contributed by atoms with Crippen LogP contribution >= 0.6 is 0 Å². The first kappa shape index (κ1) is 18.6. The Labute approximate surface area is 160 Å². The number of aromatic nitrogens is 3. The van der Waals surface area contributed by atoms with Crippen molar-refractivity contribution in [3.63, 3.8) is 0 Å². The van der Waals surface area contributed by atoms with Gasteiger partial charge in [-0.15, -0.1) is 5.10 Å². The van der Waals surface area contributed by atoms with Crippen LogP contribution in [0.25, 0.3) is 0 Å². The molecule has 3 aromatic rings. The van der Waals surface area contributed by atoms with Crippen molar-refractivity contribution in [1.29, 1.82) is 0 Å². The lowest BCUT2D eigenvalue weighted by molar-refractivity contribution is 0.414. The zero-order valence-corrected chi connectivity index (χ0v) is 16.2. The number of rotatable bonds is 7. The predicted molar refractivity (Wildman–Crippen MR) is 109 cm³/mol. The van der Waals surface area contributed by atoms with Gasteiger partial charge in [0.25, 0.3) is 0 Å². The average Bonchev–Trinajstić information content (AvgIpc) is 2.65. The quantitative estimate of drug-likeness (QED) is 0.655. The van der Waals surface area contributed by atoms with Crippen molar-refractivity contribution in [2.75, 3.05) is 24.3 Å². The molecule has 2 aromatic carbocycles. The highest BCUT2D eigenvalue weighted by Gasteiger charge is 2.07. The molecule has 0 fully saturated rings. The van der Waals surface area contributed by atoms with E-state index in [9.17, 15) is 0 Å². The fraction of sp³-hybridized carbons (Fsp3) is 0.286. The van der Waals surface area contributed by atoms with E-state index in [0.717, 1.165) is 17.9 Å². The molecular formula is C21H25N5O. The number of nitrogens with zero attached hydrogens (tertiary/aromatic N) is 3. The summed E-state index contributed by atoms with van der Waals surface area (Å²) in [5.74, 6) is 2.04. The molecule has 0 aliphatic heterocycles. The van der Waals surface area contributed by atoms with E-state index in [1.54, 1.807) is 13.3 Å². The van der Waals surface area contributed by atoms with Gasteiger partial charge in [-0.05, 0) is 56.0 Å². The second kappa shape index (κ2) is 8.49. The first-order valence-electron chi connectivity index (χ1n) is 8.96. The third kappa shape index (κ3) is 4.94. The average molecular weight is 363 g/mol. The summed E-state index contributed by atoms with van der Waals surface area (Å²) < 4.78 is 5.25. The second-order valence-electron chi connectivity index (χ2n) is 6.59. The molecule has 2 N–H and O–H groups in total. The van der Waals surface area contributed by atoms with Crippen LogP contribution in [0.1, 0.15) is 22.3 Å². The van der Waals surface area contributed by atoms with Crippen LogP contribution in [0.3, 0.4) is 0 Å². The molecule has 3 rings (SSSR count). The first-order valence-corrected chi connectivity index (χ1v) is 8.96. The number of nitrogens with one attached hydrogen (secondary N) is 2. The molecule has 140 valence electrons. The first-order chi connectivity index (χ1) is 13.0. The highest BCUT2D eigenvalue weighted by atomic mass is 16.5. The summed E-state index contributed by atoms with van der Waals surface area (Å²) in [5, 5.41) is 14.7. The van der Waals surface area contributed by atoms with E-state index in [1.807, 2.05) is 18.2 Å². The third-order valence-electron chi connectivity index (χ3n) is 4.32. The van der Waals surface area contributed by atoms with Gasteiger partial charge in [-0.2, -0.15) is 10.1 Å². The summed E-state index contributed by atoms with van der Waals surface area (Å²) >= 11 is 0. The minimum atomic E-state index is 0.505. The fourth-order valence-corrected chi connectivity index (χ4v) is 3.09. The van der Waals surface area contributed by atoms with E-state index in [4.69, 9.17) is 4.74 Å². The Morgan fingerprint density at radius 1 is 1.04 bits per heavy atom. The lowest BCUT2D eigenvalue weighted by Gasteiger charge is -2.13. The van der Waals surface area contributed by atoms with Gasteiger partial charge in [0.1, 0.15) is 5.75 Å². The topological polar surface area (TPSA) is 72.0 Å². The van der Waals surface area contributed by atoms with Crippen molar-refractivity contribution in [2.45, 2.75) is 27.2 Å². The summed E-state index contributed by atoms with van der Waals surface area (Å²) in [5.41, 5.74) is 5.85. The van der Waals surface area contributed by atoms with Crippen LogP contribution in [0.2, 0.25) is 0 Å². The molecule has 0 spiro atoms. The predicted octanol–water partition coefficient (Wildman–Crippen LogP) is 4.20. The number of benzene rings is 2. The molecule has 27 heavy (non-hydrogen) atoms. The van der Waals surface area contributed by atoms with Crippen LogP contribution < -0.4 is 15.4 Å². The van der Waals surface area contributed by atoms with Gasteiger partial charge in [-0.1, -0.05) is 29.8 Å². The minimum Gasteiger partial charge on any atom is -0.497 e. The van der Waals surface area contributed by atoms with E-state index in [0.29, 0.717) is 18.3 Å². The summed E-state index contributed by atoms with van der Waals surface area (Å²) in [6.07, 6.45) is 2.47. The van der Waals surface area contributed by atoms with Gasteiger partial charge < -0.3 is 15.4 Å². The lowest BCUT2D eigenvalue weighted by atomic mass is 10.1. The van der Waals surface area contributed by atoms with E-state index in [-0.39, 0.29) is 0 Å². The maximum atomic E-state index is 5.25. The smallest absolute Gasteiger partial charge is 0.244 e. The van der Waals surface area contributed by atoms with Gasteiger partial charge >= 0.3 is 0 Å². The zero-order valence-electron chi connectivity index (χ0n) is 16.2. The van der Waals surface area contributed by atoms with Gasteiger partial charge in [0.15, 0.2) is 5.82 Å². The van der Waals surface area contributed by atoms with E-state index < -0.39 is 0 Å². The number of hydrogen-bond donors (Lipinski definition) is 2. The Morgan fingerprint density at radius 3 is 2.56 bits per heavy atom. The monoisotopic (exact) mass is 363 g/mol. The minimum absolute atomic E-state index is 0.505. The van der Waals surface area contributed by atoms with E-state index in [1.165, 1.54) is 22.3 Å². The molecule has 1 aromatic heterocycles. The van der Waals surface area contributed by atoms with Crippen molar-refractivity contribution in [1.82, 2.24) is 15.2 Å². The number of ether oxygens (including phenoxy) is 1. The Bertz CT molecular complexity index is 903. The van der Waals surface area contributed by atoms with Crippen molar-refractivity contribution in [3.8, 4) is 5.75 Å². The van der Waals surface area contributed by atoms with Gasteiger partial charge in [-0.3, -0.25) is 0 Å². The summed E-state index contributed by atoms with van der Waals surface area (Å²) in [4.78, 5) is 4.52. The number of anilines is 3. The van der Waals surface area contributed by atoms with Gasteiger partial charge in [0.05, 0.1) is 13.3 Å². The standard InChI is InChI=1S/C21H25N5O/c1-14-10-15(2)20(16(3)11-14)24-19-13-23-26-21(25-19)22-9-8-17-6-5-7-18(12-17)27-4/h5-7,10-13H,8-9H2,1-4H3,(H2,22,24,25,26). The summed E-state index contributed by atoms with van der Waals surface area (Å²) in [7, 11) is 1.67. The Kier molecular flexibility index (Phi) is 5.86. The molecule has 0 amide bonds. The van der Waals surface area contributed by atoms with Crippen LogP contribution in [0.4, 0.5) is 17.5 Å². The summed E-state index contributed by atoms with van der Waals surface area (Å²) in [6, 6.07) is 12.3. The Balaban J connectivity index is 1.64. The van der Waals surface area contributed by atoms with Crippen LogP contribution in [0.5, 0.6) is 5.75 Å². The van der Waals surface area contributed by atoms with Gasteiger partial charge in [0, 0.05) is 12.2 Å². The van der Waals surface area contributed by atoms with Crippen molar-refractivity contribution < 1.29 is 4.74 Å².